The molecule has 15 heavy (non-hydrogen) atoms. The van der Waals surface area contributed by atoms with E-state index in [1.807, 2.05) is 4.90 Å². The molecular formula is C11H22N2O2. The molecule has 0 aromatic heterocycles. The second kappa shape index (κ2) is 6.08. The van der Waals surface area contributed by atoms with Crippen molar-refractivity contribution >= 4 is 5.91 Å². The lowest BCUT2D eigenvalue weighted by Gasteiger charge is -2.16. The van der Waals surface area contributed by atoms with E-state index in [2.05, 4.69) is 19.2 Å². The van der Waals surface area contributed by atoms with Crippen molar-refractivity contribution in [3.63, 3.8) is 0 Å². The number of nitrogens with zero attached hydrogens (tertiary/aromatic N) is 1. The van der Waals surface area contributed by atoms with Crippen LogP contribution in [0, 0.1) is 5.92 Å². The number of carbonyl (C=O) groups is 1. The van der Waals surface area contributed by atoms with E-state index in [-0.39, 0.29) is 5.91 Å². The van der Waals surface area contributed by atoms with Crippen LogP contribution in [0.1, 0.15) is 20.3 Å². The van der Waals surface area contributed by atoms with E-state index < -0.39 is 0 Å². The van der Waals surface area contributed by atoms with Crippen LogP contribution in [0.3, 0.4) is 0 Å². The lowest BCUT2D eigenvalue weighted by molar-refractivity contribution is -0.128. The van der Waals surface area contributed by atoms with Crippen molar-refractivity contribution in [1.82, 2.24) is 10.2 Å². The first-order valence-electron chi connectivity index (χ1n) is 5.63. The molecule has 1 unspecified atom stereocenters. The maximum Gasteiger partial charge on any atom is 0.223 e. The fourth-order valence-corrected chi connectivity index (χ4v) is 1.81. The van der Waals surface area contributed by atoms with Gasteiger partial charge in [-0.25, -0.2) is 0 Å². The first-order chi connectivity index (χ1) is 7.13. The molecule has 1 aliphatic heterocycles. The van der Waals surface area contributed by atoms with E-state index in [9.17, 15) is 4.79 Å². The van der Waals surface area contributed by atoms with Crippen LogP contribution < -0.4 is 5.32 Å². The number of methoxy groups -OCH3 is 1. The summed E-state index contributed by atoms with van der Waals surface area (Å²) in [4.78, 5) is 13.5. The number of nitrogens with one attached hydrogen (secondary N) is 1. The molecule has 1 fully saturated rings. The van der Waals surface area contributed by atoms with Crippen LogP contribution in [-0.4, -0.2) is 50.2 Å². The van der Waals surface area contributed by atoms with Crippen LogP contribution in [0.4, 0.5) is 0 Å². The number of hydrogen-bond donors (Lipinski definition) is 1. The molecule has 0 aromatic carbocycles. The Morgan fingerprint density at radius 2 is 2.33 bits per heavy atom. The summed E-state index contributed by atoms with van der Waals surface area (Å²) < 4.78 is 4.98. The Labute approximate surface area is 92.0 Å². The van der Waals surface area contributed by atoms with Crippen molar-refractivity contribution in [3.05, 3.63) is 0 Å². The zero-order chi connectivity index (χ0) is 11.3. The van der Waals surface area contributed by atoms with Gasteiger partial charge in [0.25, 0.3) is 0 Å². The third-order valence-electron chi connectivity index (χ3n) is 2.67. The highest BCUT2D eigenvalue weighted by atomic mass is 16.5. The smallest absolute Gasteiger partial charge is 0.223 e. The van der Waals surface area contributed by atoms with Crippen molar-refractivity contribution < 1.29 is 9.53 Å². The number of ether oxygens (including phenoxy) is 1. The van der Waals surface area contributed by atoms with Crippen LogP contribution in [0.25, 0.3) is 0 Å². The molecule has 0 saturated carbocycles. The maximum atomic E-state index is 11.6. The third-order valence-corrected chi connectivity index (χ3v) is 2.67. The zero-order valence-electron chi connectivity index (χ0n) is 9.95. The minimum absolute atomic E-state index is 0.266. The molecule has 1 amide bonds. The molecule has 0 radical (unpaired) electrons. The molecular weight excluding hydrogens is 192 g/mol. The molecule has 1 aliphatic rings. The van der Waals surface area contributed by atoms with Gasteiger partial charge < -0.3 is 15.0 Å². The minimum Gasteiger partial charge on any atom is -0.383 e. The standard InChI is InChI=1S/C11H22N2O2/c1-9(2)12-7-10-6-11(14)13(8-10)4-5-15-3/h9-10,12H,4-8H2,1-3H3. The molecule has 0 spiro atoms. The van der Waals surface area contributed by atoms with Gasteiger partial charge in [-0.2, -0.15) is 0 Å². The fourth-order valence-electron chi connectivity index (χ4n) is 1.81. The van der Waals surface area contributed by atoms with Crippen molar-refractivity contribution in [2.75, 3.05) is 33.4 Å². The Hall–Kier alpha value is -0.610. The summed E-state index contributed by atoms with van der Waals surface area (Å²) in [6, 6.07) is 0.494. The lowest BCUT2D eigenvalue weighted by atomic mass is 10.1. The average molecular weight is 214 g/mol. The first kappa shape index (κ1) is 12.5. The van der Waals surface area contributed by atoms with E-state index >= 15 is 0 Å². The van der Waals surface area contributed by atoms with E-state index in [1.165, 1.54) is 0 Å². The second-order valence-corrected chi connectivity index (χ2v) is 4.47. The number of hydrogen-bond acceptors (Lipinski definition) is 3. The Kier molecular flexibility index (Phi) is 5.05. The molecule has 0 aromatic rings. The van der Waals surface area contributed by atoms with Crippen molar-refractivity contribution in [2.24, 2.45) is 5.92 Å². The van der Waals surface area contributed by atoms with Crippen molar-refractivity contribution in [1.29, 1.82) is 0 Å². The highest BCUT2D eigenvalue weighted by Crippen LogP contribution is 2.16. The summed E-state index contributed by atoms with van der Waals surface area (Å²) in [6.45, 7) is 7.43. The van der Waals surface area contributed by atoms with Crippen LogP contribution in [-0.2, 0) is 9.53 Å². The number of rotatable bonds is 6. The van der Waals surface area contributed by atoms with Gasteiger partial charge in [-0.3, -0.25) is 4.79 Å². The number of likely N-dealkylation sites (tertiary alicyclic amines) is 1. The summed E-state index contributed by atoms with van der Waals surface area (Å²) in [5.41, 5.74) is 0. The van der Waals surface area contributed by atoms with Gasteiger partial charge in [-0.1, -0.05) is 13.8 Å². The second-order valence-electron chi connectivity index (χ2n) is 4.47. The molecule has 0 bridgehead atoms. The molecule has 88 valence electrons. The molecule has 1 heterocycles. The van der Waals surface area contributed by atoms with E-state index in [4.69, 9.17) is 4.74 Å². The summed E-state index contributed by atoms with van der Waals surface area (Å²) in [5, 5.41) is 3.37. The monoisotopic (exact) mass is 214 g/mol. The quantitative estimate of drug-likeness (QED) is 0.699. The zero-order valence-corrected chi connectivity index (χ0v) is 9.95. The molecule has 0 aliphatic carbocycles. The molecule has 1 atom stereocenters. The van der Waals surface area contributed by atoms with E-state index in [1.54, 1.807) is 7.11 Å². The van der Waals surface area contributed by atoms with Gasteiger partial charge >= 0.3 is 0 Å². The fraction of sp³-hybridized carbons (Fsp3) is 0.909. The Morgan fingerprint density at radius 1 is 1.60 bits per heavy atom. The van der Waals surface area contributed by atoms with Gasteiger partial charge in [-0.15, -0.1) is 0 Å². The maximum absolute atomic E-state index is 11.6. The van der Waals surface area contributed by atoms with Crippen molar-refractivity contribution in [2.45, 2.75) is 26.3 Å². The van der Waals surface area contributed by atoms with E-state index in [0.29, 0.717) is 25.0 Å². The van der Waals surface area contributed by atoms with Crippen LogP contribution in [0.2, 0.25) is 0 Å². The van der Waals surface area contributed by atoms with Gasteiger partial charge in [0.2, 0.25) is 5.91 Å². The highest BCUT2D eigenvalue weighted by molar-refractivity contribution is 5.78. The molecule has 4 heteroatoms. The summed E-state index contributed by atoms with van der Waals surface area (Å²) in [7, 11) is 1.67. The van der Waals surface area contributed by atoms with Gasteiger partial charge in [0.05, 0.1) is 6.61 Å². The average Bonchev–Trinajstić information content (AvgIpc) is 2.53. The predicted octanol–water partition coefficient (Wildman–Crippen LogP) is 0.479. The first-order valence-corrected chi connectivity index (χ1v) is 5.63. The predicted molar refractivity (Wildman–Crippen MR) is 59.7 cm³/mol. The molecule has 1 rings (SSSR count). The molecule has 1 saturated heterocycles. The number of carbonyl (C=O) groups excluding carboxylic acids is 1. The van der Waals surface area contributed by atoms with Crippen LogP contribution >= 0.6 is 0 Å². The topological polar surface area (TPSA) is 41.6 Å². The SMILES string of the molecule is COCCN1CC(CNC(C)C)CC1=O. The summed E-state index contributed by atoms with van der Waals surface area (Å²) >= 11 is 0. The minimum atomic E-state index is 0.266. The molecule has 4 nitrogen and oxygen atoms in total. The summed E-state index contributed by atoms with van der Waals surface area (Å²) in [5.74, 6) is 0.736. The Morgan fingerprint density at radius 3 is 2.93 bits per heavy atom. The van der Waals surface area contributed by atoms with Gasteiger partial charge in [0, 0.05) is 39.2 Å². The van der Waals surface area contributed by atoms with Gasteiger partial charge in [-0.05, 0) is 5.92 Å². The Balaban J connectivity index is 2.25. The van der Waals surface area contributed by atoms with E-state index in [0.717, 1.165) is 19.6 Å². The number of amides is 1. The molecule has 1 N–H and O–H groups in total. The van der Waals surface area contributed by atoms with Gasteiger partial charge in [0.1, 0.15) is 0 Å². The van der Waals surface area contributed by atoms with Crippen molar-refractivity contribution in [3.8, 4) is 0 Å². The third kappa shape index (κ3) is 4.18. The van der Waals surface area contributed by atoms with Crippen LogP contribution in [0.5, 0.6) is 0 Å². The summed E-state index contributed by atoms with van der Waals surface area (Å²) in [6.07, 6.45) is 0.684. The highest BCUT2D eigenvalue weighted by Gasteiger charge is 2.28. The Bertz CT molecular complexity index is 207. The lowest BCUT2D eigenvalue weighted by Crippen LogP contribution is -2.32. The van der Waals surface area contributed by atoms with Gasteiger partial charge in [0.15, 0.2) is 0 Å². The van der Waals surface area contributed by atoms with Crippen LogP contribution in [0.15, 0.2) is 0 Å². The normalized spacial score (nSPS) is 21.7. The largest absolute Gasteiger partial charge is 0.383 e.